The van der Waals surface area contributed by atoms with Crippen molar-refractivity contribution < 1.29 is 22.7 Å². The minimum atomic E-state index is -4.57. The van der Waals surface area contributed by atoms with Gasteiger partial charge >= 0.3 is 11.5 Å². The first-order chi connectivity index (χ1) is 8.30. The number of carbonyl (C=O) groups is 1. The van der Waals surface area contributed by atoms with E-state index >= 15 is 0 Å². The highest BCUT2D eigenvalue weighted by Gasteiger charge is 2.33. The lowest BCUT2D eigenvalue weighted by molar-refractivity contribution is -0.0328. The molecule has 96 valence electrons. The zero-order valence-electron chi connectivity index (χ0n) is 8.84. The molecular formula is C10H5BrF3NO2S. The maximum Gasteiger partial charge on any atom is 0.446 e. The van der Waals surface area contributed by atoms with Crippen molar-refractivity contribution >= 4 is 33.7 Å². The van der Waals surface area contributed by atoms with Crippen LogP contribution >= 0.6 is 27.7 Å². The van der Waals surface area contributed by atoms with Crippen LogP contribution in [0.1, 0.15) is 15.9 Å². The quantitative estimate of drug-likeness (QED) is 0.608. The Balaban J connectivity index is 3.41. The van der Waals surface area contributed by atoms with Crippen LogP contribution < -0.4 is 0 Å². The average molecular weight is 340 g/mol. The molecule has 18 heavy (non-hydrogen) atoms. The SMILES string of the molecule is COC(=O)c1ccc(C#N)c(Br)c1SC(F)(F)F. The zero-order chi connectivity index (χ0) is 13.9. The number of halogens is 4. The number of ether oxygens (including phenoxy) is 1. The summed E-state index contributed by atoms with van der Waals surface area (Å²) < 4.78 is 41.6. The third-order valence-electron chi connectivity index (χ3n) is 1.84. The molecule has 1 aromatic rings. The first-order valence-electron chi connectivity index (χ1n) is 4.36. The lowest BCUT2D eigenvalue weighted by atomic mass is 10.1. The summed E-state index contributed by atoms with van der Waals surface area (Å²) >= 11 is 2.42. The molecule has 0 fully saturated rings. The molecule has 0 aliphatic heterocycles. The molecule has 0 atom stereocenters. The third kappa shape index (κ3) is 3.40. The van der Waals surface area contributed by atoms with Crippen molar-refractivity contribution in [1.29, 1.82) is 5.26 Å². The van der Waals surface area contributed by atoms with Gasteiger partial charge in [-0.15, -0.1) is 0 Å². The summed E-state index contributed by atoms with van der Waals surface area (Å²) in [6, 6.07) is 4.10. The summed E-state index contributed by atoms with van der Waals surface area (Å²) in [5.41, 5.74) is -4.81. The van der Waals surface area contributed by atoms with E-state index in [0.717, 1.165) is 13.2 Å². The third-order valence-corrected chi connectivity index (χ3v) is 3.79. The molecule has 0 aliphatic rings. The van der Waals surface area contributed by atoms with Gasteiger partial charge in [-0.3, -0.25) is 0 Å². The fourth-order valence-electron chi connectivity index (χ4n) is 1.13. The standard InChI is InChI=1S/C10H5BrF3NO2S/c1-17-9(16)6-3-2-5(4-15)7(11)8(6)18-10(12,13)14/h2-3H,1H3. The number of methoxy groups -OCH3 is 1. The smallest absolute Gasteiger partial charge is 0.446 e. The number of rotatable bonds is 2. The number of alkyl halides is 3. The van der Waals surface area contributed by atoms with E-state index in [0.29, 0.717) is 0 Å². The molecular weight excluding hydrogens is 335 g/mol. The van der Waals surface area contributed by atoms with Gasteiger partial charge in [0.25, 0.3) is 0 Å². The molecule has 0 aliphatic carbocycles. The summed E-state index contributed by atoms with van der Waals surface area (Å²) in [5.74, 6) is -0.896. The van der Waals surface area contributed by atoms with Crippen LogP contribution in [-0.2, 0) is 4.74 Å². The monoisotopic (exact) mass is 339 g/mol. The van der Waals surface area contributed by atoms with Crippen LogP contribution in [0.2, 0.25) is 0 Å². The predicted molar refractivity (Wildman–Crippen MR) is 62.1 cm³/mol. The Morgan fingerprint density at radius 2 is 2.11 bits per heavy atom. The van der Waals surface area contributed by atoms with Gasteiger partial charge in [-0.05, 0) is 39.8 Å². The second kappa shape index (κ2) is 5.63. The zero-order valence-corrected chi connectivity index (χ0v) is 11.2. The van der Waals surface area contributed by atoms with E-state index in [1.807, 2.05) is 0 Å². The lowest BCUT2D eigenvalue weighted by Gasteiger charge is -2.12. The molecule has 0 saturated heterocycles. The Labute approximate surface area is 113 Å². The maximum atomic E-state index is 12.4. The van der Waals surface area contributed by atoms with E-state index < -0.39 is 23.2 Å². The van der Waals surface area contributed by atoms with E-state index in [2.05, 4.69) is 20.7 Å². The molecule has 0 amide bonds. The fourth-order valence-corrected chi connectivity index (χ4v) is 2.50. The van der Waals surface area contributed by atoms with Gasteiger partial charge in [0, 0.05) is 4.90 Å². The molecule has 0 radical (unpaired) electrons. The number of hydrogen-bond donors (Lipinski definition) is 0. The van der Waals surface area contributed by atoms with E-state index in [9.17, 15) is 18.0 Å². The average Bonchev–Trinajstić information content (AvgIpc) is 2.29. The molecule has 0 aromatic heterocycles. The molecule has 0 bridgehead atoms. The van der Waals surface area contributed by atoms with E-state index in [1.54, 1.807) is 6.07 Å². The fraction of sp³-hybridized carbons (Fsp3) is 0.200. The number of nitrogens with zero attached hydrogens (tertiary/aromatic N) is 1. The number of carbonyl (C=O) groups excluding carboxylic acids is 1. The topological polar surface area (TPSA) is 50.1 Å². The van der Waals surface area contributed by atoms with Crippen LogP contribution in [0.25, 0.3) is 0 Å². The van der Waals surface area contributed by atoms with Crippen molar-refractivity contribution in [2.75, 3.05) is 7.11 Å². The Hall–Kier alpha value is -1.20. The number of esters is 1. The molecule has 0 N–H and O–H groups in total. The van der Waals surface area contributed by atoms with E-state index in [-0.39, 0.29) is 20.5 Å². The Morgan fingerprint density at radius 1 is 1.50 bits per heavy atom. The largest absolute Gasteiger partial charge is 0.465 e. The van der Waals surface area contributed by atoms with E-state index in [1.165, 1.54) is 6.07 Å². The Kier molecular flexibility index (Phi) is 4.65. The molecule has 0 spiro atoms. The van der Waals surface area contributed by atoms with Crippen molar-refractivity contribution in [3.63, 3.8) is 0 Å². The molecule has 8 heteroatoms. The van der Waals surface area contributed by atoms with Gasteiger partial charge in [-0.2, -0.15) is 18.4 Å². The highest BCUT2D eigenvalue weighted by atomic mass is 79.9. The van der Waals surface area contributed by atoms with Crippen molar-refractivity contribution in [1.82, 2.24) is 0 Å². The minimum Gasteiger partial charge on any atom is -0.465 e. The van der Waals surface area contributed by atoms with Gasteiger partial charge in [0.05, 0.1) is 22.7 Å². The normalized spacial score (nSPS) is 10.9. The van der Waals surface area contributed by atoms with Crippen molar-refractivity contribution in [3.8, 4) is 6.07 Å². The first kappa shape index (κ1) is 14.9. The summed E-state index contributed by atoms with van der Waals surface area (Å²) in [6.07, 6.45) is 0. The van der Waals surface area contributed by atoms with Gasteiger partial charge in [0.1, 0.15) is 6.07 Å². The molecule has 0 unspecified atom stereocenters. The highest BCUT2D eigenvalue weighted by molar-refractivity contribution is 9.10. The van der Waals surface area contributed by atoms with Gasteiger partial charge in [-0.1, -0.05) is 0 Å². The summed E-state index contributed by atoms with van der Waals surface area (Å²) in [4.78, 5) is 11.0. The highest BCUT2D eigenvalue weighted by Crippen LogP contribution is 2.43. The number of thioether (sulfide) groups is 1. The summed E-state index contributed by atoms with van der Waals surface area (Å²) in [5, 5.41) is 8.74. The van der Waals surface area contributed by atoms with Crippen LogP contribution in [0.3, 0.4) is 0 Å². The number of hydrogen-bond acceptors (Lipinski definition) is 4. The molecule has 1 aromatic carbocycles. The predicted octanol–water partition coefficient (Wildman–Crippen LogP) is 3.72. The van der Waals surface area contributed by atoms with Crippen LogP contribution in [0.15, 0.2) is 21.5 Å². The first-order valence-corrected chi connectivity index (χ1v) is 5.97. The Bertz CT molecular complexity index is 525. The van der Waals surface area contributed by atoms with Crippen LogP contribution in [0, 0.1) is 11.3 Å². The lowest BCUT2D eigenvalue weighted by Crippen LogP contribution is -2.08. The van der Waals surface area contributed by atoms with Gasteiger partial charge in [0.2, 0.25) is 0 Å². The van der Waals surface area contributed by atoms with Gasteiger partial charge < -0.3 is 4.74 Å². The van der Waals surface area contributed by atoms with Crippen LogP contribution in [0.4, 0.5) is 13.2 Å². The number of nitriles is 1. The second-order valence-corrected chi connectivity index (χ2v) is 4.82. The molecule has 3 nitrogen and oxygen atoms in total. The minimum absolute atomic E-state index is 0.00871. The van der Waals surface area contributed by atoms with Crippen molar-refractivity contribution in [3.05, 3.63) is 27.7 Å². The maximum absolute atomic E-state index is 12.4. The van der Waals surface area contributed by atoms with Gasteiger partial charge in [0.15, 0.2) is 0 Å². The summed E-state index contributed by atoms with van der Waals surface area (Å²) in [7, 11) is 1.07. The van der Waals surface area contributed by atoms with E-state index in [4.69, 9.17) is 5.26 Å². The van der Waals surface area contributed by atoms with Crippen LogP contribution in [-0.4, -0.2) is 18.6 Å². The molecule has 0 saturated carbocycles. The van der Waals surface area contributed by atoms with Crippen molar-refractivity contribution in [2.24, 2.45) is 0 Å². The number of benzene rings is 1. The van der Waals surface area contributed by atoms with Crippen LogP contribution in [0.5, 0.6) is 0 Å². The van der Waals surface area contributed by atoms with Crippen molar-refractivity contribution in [2.45, 2.75) is 10.4 Å². The molecule has 0 heterocycles. The molecule has 1 rings (SSSR count). The second-order valence-electron chi connectivity index (χ2n) is 2.95. The summed E-state index contributed by atoms with van der Waals surface area (Å²) in [6.45, 7) is 0. The Morgan fingerprint density at radius 3 is 2.56 bits per heavy atom. The van der Waals surface area contributed by atoms with Gasteiger partial charge in [-0.25, -0.2) is 4.79 Å².